The van der Waals surface area contributed by atoms with Gasteiger partial charge in [0.05, 0.1) is 13.2 Å². The quantitative estimate of drug-likeness (QED) is 0.674. The lowest BCUT2D eigenvalue weighted by molar-refractivity contribution is -0.672. The molecule has 1 fully saturated rings. The molecule has 2 nitrogen and oxygen atoms in total. The zero-order valence-electron chi connectivity index (χ0n) is 13.6. The Morgan fingerprint density at radius 1 is 1.05 bits per heavy atom. The summed E-state index contributed by atoms with van der Waals surface area (Å²) in [7, 11) is 0. The highest BCUT2D eigenvalue weighted by atomic mass is 16.3. The molecule has 1 saturated heterocycles. The zero-order chi connectivity index (χ0) is 14.9. The fraction of sp³-hybridized carbons (Fsp3) is 0.684. The maximum absolute atomic E-state index is 9.43. The molecular weight excluding hydrogens is 258 g/mol. The molecule has 2 rings (SSSR count). The summed E-state index contributed by atoms with van der Waals surface area (Å²) >= 11 is 0. The second-order valence-electron chi connectivity index (χ2n) is 6.53. The molecule has 2 atom stereocenters. The van der Waals surface area contributed by atoms with Gasteiger partial charge in [0.25, 0.3) is 0 Å². The highest BCUT2D eigenvalue weighted by Gasteiger charge is 2.31. The Kier molecular flexibility index (Phi) is 7.25. The Labute approximate surface area is 130 Å². The van der Waals surface area contributed by atoms with Crippen molar-refractivity contribution in [3.63, 3.8) is 0 Å². The number of rotatable bonds is 9. The SMILES string of the molecule is CCCCCCCCc1ccc(C2CC[NH2+][C@@H]2CO)cc1. The summed E-state index contributed by atoms with van der Waals surface area (Å²) in [5.74, 6) is 0.540. The third-order valence-electron chi connectivity index (χ3n) is 4.90. The number of benzene rings is 1. The van der Waals surface area contributed by atoms with Gasteiger partial charge in [0.2, 0.25) is 0 Å². The van der Waals surface area contributed by atoms with Crippen molar-refractivity contribution in [1.29, 1.82) is 0 Å². The number of quaternary nitrogens is 1. The molecule has 118 valence electrons. The van der Waals surface area contributed by atoms with Crippen LogP contribution in [-0.2, 0) is 6.42 Å². The molecule has 21 heavy (non-hydrogen) atoms. The van der Waals surface area contributed by atoms with Crippen LogP contribution in [0.5, 0.6) is 0 Å². The summed E-state index contributed by atoms with van der Waals surface area (Å²) in [6.07, 6.45) is 10.6. The molecule has 1 unspecified atom stereocenters. The van der Waals surface area contributed by atoms with Crippen LogP contribution in [-0.4, -0.2) is 24.3 Å². The third kappa shape index (κ3) is 5.12. The van der Waals surface area contributed by atoms with E-state index < -0.39 is 0 Å². The largest absolute Gasteiger partial charge is 0.390 e. The first-order valence-electron chi connectivity index (χ1n) is 8.88. The summed E-state index contributed by atoms with van der Waals surface area (Å²) < 4.78 is 0. The maximum Gasteiger partial charge on any atom is 0.116 e. The molecule has 0 bridgehead atoms. The molecule has 1 aliphatic heterocycles. The van der Waals surface area contributed by atoms with E-state index in [9.17, 15) is 5.11 Å². The van der Waals surface area contributed by atoms with Crippen LogP contribution >= 0.6 is 0 Å². The van der Waals surface area contributed by atoms with Crippen molar-refractivity contribution in [2.45, 2.75) is 70.3 Å². The number of aryl methyl sites for hydroxylation is 1. The Morgan fingerprint density at radius 2 is 1.76 bits per heavy atom. The zero-order valence-corrected chi connectivity index (χ0v) is 13.6. The number of aliphatic hydroxyl groups is 1. The van der Waals surface area contributed by atoms with E-state index in [1.54, 1.807) is 0 Å². The van der Waals surface area contributed by atoms with Gasteiger partial charge in [-0.15, -0.1) is 0 Å². The highest BCUT2D eigenvalue weighted by molar-refractivity contribution is 5.26. The number of unbranched alkanes of at least 4 members (excludes halogenated alkanes) is 5. The monoisotopic (exact) mass is 290 g/mol. The van der Waals surface area contributed by atoms with E-state index in [0.717, 1.165) is 6.54 Å². The average Bonchev–Trinajstić information content (AvgIpc) is 3.00. The Morgan fingerprint density at radius 3 is 2.48 bits per heavy atom. The van der Waals surface area contributed by atoms with Gasteiger partial charge in [-0.25, -0.2) is 0 Å². The molecule has 1 aromatic carbocycles. The summed E-state index contributed by atoms with van der Waals surface area (Å²) in [6, 6.07) is 9.55. The fourth-order valence-corrected chi connectivity index (χ4v) is 3.52. The average molecular weight is 290 g/mol. The number of nitrogens with two attached hydrogens (primary N) is 1. The molecule has 0 aliphatic carbocycles. The first-order valence-corrected chi connectivity index (χ1v) is 8.88. The van der Waals surface area contributed by atoms with Gasteiger partial charge in [0.15, 0.2) is 0 Å². The van der Waals surface area contributed by atoms with Gasteiger partial charge in [0.1, 0.15) is 6.04 Å². The number of hydrogen-bond acceptors (Lipinski definition) is 1. The van der Waals surface area contributed by atoms with E-state index in [4.69, 9.17) is 0 Å². The summed E-state index contributed by atoms with van der Waals surface area (Å²) in [4.78, 5) is 0. The van der Waals surface area contributed by atoms with Crippen molar-refractivity contribution in [3.05, 3.63) is 35.4 Å². The molecule has 0 spiro atoms. The van der Waals surface area contributed by atoms with E-state index in [1.807, 2.05) is 0 Å². The minimum absolute atomic E-state index is 0.296. The second kappa shape index (κ2) is 9.22. The Hall–Kier alpha value is -0.860. The molecule has 3 N–H and O–H groups in total. The van der Waals surface area contributed by atoms with E-state index in [2.05, 4.69) is 36.5 Å². The normalized spacial score (nSPS) is 21.8. The number of hydrogen-bond donors (Lipinski definition) is 2. The lowest BCUT2D eigenvalue weighted by atomic mass is 9.91. The molecule has 0 radical (unpaired) electrons. The van der Waals surface area contributed by atoms with Crippen LogP contribution in [0.1, 0.15) is 68.9 Å². The van der Waals surface area contributed by atoms with Gasteiger partial charge in [-0.05, 0) is 24.0 Å². The predicted molar refractivity (Wildman–Crippen MR) is 88.5 cm³/mol. The molecule has 0 aromatic heterocycles. The molecular formula is C19H32NO+. The summed E-state index contributed by atoms with van der Waals surface area (Å²) in [5.41, 5.74) is 2.88. The van der Waals surface area contributed by atoms with Crippen LogP contribution in [0, 0.1) is 0 Å². The molecule has 0 amide bonds. The van der Waals surface area contributed by atoms with Crippen molar-refractivity contribution >= 4 is 0 Å². The third-order valence-corrected chi connectivity index (χ3v) is 4.90. The van der Waals surface area contributed by atoms with Gasteiger partial charge >= 0.3 is 0 Å². The molecule has 2 heteroatoms. The van der Waals surface area contributed by atoms with E-state index >= 15 is 0 Å². The van der Waals surface area contributed by atoms with Crippen molar-refractivity contribution < 1.29 is 10.4 Å². The fourth-order valence-electron chi connectivity index (χ4n) is 3.52. The highest BCUT2D eigenvalue weighted by Crippen LogP contribution is 2.24. The predicted octanol–water partition coefficient (Wildman–Crippen LogP) is 3.00. The molecule has 0 saturated carbocycles. The van der Waals surface area contributed by atoms with Crippen molar-refractivity contribution in [1.82, 2.24) is 0 Å². The van der Waals surface area contributed by atoms with E-state index in [0.29, 0.717) is 18.6 Å². The maximum atomic E-state index is 9.43. The van der Waals surface area contributed by atoms with Gasteiger partial charge in [-0.2, -0.15) is 0 Å². The minimum Gasteiger partial charge on any atom is -0.390 e. The Balaban J connectivity index is 1.74. The van der Waals surface area contributed by atoms with Crippen molar-refractivity contribution in [3.8, 4) is 0 Å². The lowest BCUT2D eigenvalue weighted by Gasteiger charge is -2.14. The molecule has 1 aliphatic rings. The molecule has 1 heterocycles. The molecule has 1 aromatic rings. The second-order valence-corrected chi connectivity index (χ2v) is 6.53. The van der Waals surface area contributed by atoms with Crippen molar-refractivity contribution in [2.75, 3.05) is 13.2 Å². The summed E-state index contributed by atoms with van der Waals surface area (Å²) in [5, 5.41) is 11.7. The number of aliphatic hydroxyl groups excluding tert-OH is 1. The first-order chi connectivity index (χ1) is 10.3. The van der Waals surface area contributed by atoms with E-state index in [-0.39, 0.29) is 0 Å². The van der Waals surface area contributed by atoms with Crippen molar-refractivity contribution in [2.24, 2.45) is 0 Å². The van der Waals surface area contributed by atoms with Crippen LogP contribution in [0.4, 0.5) is 0 Å². The standard InChI is InChI=1S/C19H31NO/c1-2-3-4-5-6-7-8-16-9-11-17(12-10-16)18-13-14-20-19(18)15-21/h9-12,18-21H,2-8,13-15H2,1H3/p+1/t18?,19-/m1/s1. The van der Waals surface area contributed by atoms with Gasteiger partial charge in [0, 0.05) is 12.3 Å². The van der Waals surface area contributed by atoms with Gasteiger partial charge in [-0.3, -0.25) is 0 Å². The lowest BCUT2D eigenvalue weighted by Crippen LogP contribution is -2.88. The van der Waals surface area contributed by atoms with Gasteiger partial charge in [-0.1, -0.05) is 63.3 Å². The Bertz CT molecular complexity index is 387. The minimum atomic E-state index is 0.296. The topological polar surface area (TPSA) is 36.8 Å². The summed E-state index contributed by atoms with van der Waals surface area (Å²) in [6.45, 7) is 3.71. The van der Waals surface area contributed by atoms with Crippen LogP contribution in [0.15, 0.2) is 24.3 Å². The smallest absolute Gasteiger partial charge is 0.116 e. The van der Waals surface area contributed by atoms with Crippen LogP contribution in [0.3, 0.4) is 0 Å². The van der Waals surface area contributed by atoms with Gasteiger partial charge < -0.3 is 10.4 Å². The first kappa shape index (κ1) is 16.5. The van der Waals surface area contributed by atoms with Crippen LogP contribution in [0.2, 0.25) is 0 Å². The van der Waals surface area contributed by atoms with Crippen LogP contribution in [0.25, 0.3) is 0 Å². The van der Waals surface area contributed by atoms with Crippen LogP contribution < -0.4 is 5.32 Å². The van der Waals surface area contributed by atoms with E-state index in [1.165, 1.54) is 62.5 Å².